The van der Waals surface area contributed by atoms with Gasteiger partial charge in [0, 0.05) is 17.3 Å². The number of thioether (sulfide) groups is 1. The minimum atomic E-state index is -4.36. The fourth-order valence-electron chi connectivity index (χ4n) is 2.15. The molecule has 0 fully saturated rings. The maximum Gasteiger partial charge on any atom is 0.338 e. The smallest absolute Gasteiger partial charge is 0.338 e. The van der Waals surface area contributed by atoms with Crippen LogP contribution in [0.2, 0.25) is 0 Å². The molecule has 0 saturated carbocycles. The van der Waals surface area contributed by atoms with Crippen molar-refractivity contribution >= 4 is 45.3 Å². The van der Waals surface area contributed by atoms with Gasteiger partial charge in [-0.1, -0.05) is 0 Å². The topological polar surface area (TPSA) is 171 Å². The second-order valence-electron chi connectivity index (χ2n) is 4.88. The van der Waals surface area contributed by atoms with E-state index >= 15 is 0 Å². The molecule has 25 heavy (non-hydrogen) atoms. The van der Waals surface area contributed by atoms with E-state index in [9.17, 15) is 33.0 Å². The van der Waals surface area contributed by atoms with Gasteiger partial charge in [-0.05, 0) is 13.0 Å². The lowest BCUT2D eigenvalue weighted by Crippen LogP contribution is -2.16. The number of carboxylic acid groups (broad SMARTS) is 3. The Labute approximate surface area is 144 Å². The van der Waals surface area contributed by atoms with Crippen molar-refractivity contribution in [1.82, 2.24) is 4.40 Å². The van der Waals surface area contributed by atoms with Crippen LogP contribution in [0.25, 0.3) is 5.52 Å². The Kier molecular flexibility index (Phi) is 4.79. The summed E-state index contributed by atoms with van der Waals surface area (Å²) < 4.78 is 31.0. The molecule has 0 amide bonds. The second kappa shape index (κ2) is 6.38. The van der Waals surface area contributed by atoms with Gasteiger partial charge >= 0.3 is 17.9 Å². The summed E-state index contributed by atoms with van der Waals surface area (Å²) in [4.78, 5) is 34.3. The van der Waals surface area contributed by atoms with Crippen LogP contribution in [-0.4, -0.2) is 55.2 Å². The van der Waals surface area contributed by atoms with Crippen LogP contribution >= 0.6 is 11.8 Å². The standard InChI is InChI=1S/C13H11NO9S2/c1-5(25(21,22)23)24-6-2-8-10(13(19)20)9(12(17)18)7(11(15)16)4-14(8)3-6/h2-5H,1H3,(H,15,16)(H,17,18)(H,19,20)(H,21,22,23). The number of fused-ring (bicyclic) bond motifs is 1. The van der Waals surface area contributed by atoms with E-state index in [1.165, 1.54) is 19.2 Å². The van der Waals surface area contributed by atoms with Gasteiger partial charge in [-0.2, -0.15) is 8.42 Å². The van der Waals surface area contributed by atoms with Crippen molar-refractivity contribution in [2.24, 2.45) is 0 Å². The van der Waals surface area contributed by atoms with Gasteiger partial charge in [0.05, 0.1) is 22.2 Å². The molecule has 0 bridgehead atoms. The summed E-state index contributed by atoms with van der Waals surface area (Å²) in [5, 5.41) is 27.7. The number of rotatable bonds is 6. The molecule has 134 valence electrons. The highest BCUT2D eigenvalue weighted by Crippen LogP contribution is 2.31. The van der Waals surface area contributed by atoms with Crippen molar-refractivity contribution in [3.05, 3.63) is 35.2 Å². The number of hydrogen-bond donors (Lipinski definition) is 4. The van der Waals surface area contributed by atoms with E-state index in [1.807, 2.05) is 0 Å². The first-order chi connectivity index (χ1) is 11.4. The van der Waals surface area contributed by atoms with E-state index in [0.717, 1.165) is 10.6 Å². The third kappa shape index (κ3) is 3.60. The molecular weight excluding hydrogens is 378 g/mol. The van der Waals surface area contributed by atoms with Crippen LogP contribution in [-0.2, 0) is 10.1 Å². The Balaban J connectivity index is 2.77. The van der Waals surface area contributed by atoms with Crippen LogP contribution < -0.4 is 0 Å². The normalized spacial score (nSPS) is 12.9. The predicted molar refractivity (Wildman–Crippen MR) is 85.1 cm³/mol. The molecule has 0 aliphatic heterocycles. The van der Waals surface area contributed by atoms with Crippen LogP contribution in [0.3, 0.4) is 0 Å². The van der Waals surface area contributed by atoms with E-state index in [-0.39, 0.29) is 10.4 Å². The third-order valence-corrected chi connectivity index (χ3v) is 5.93. The van der Waals surface area contributed by atoms with E-state index in [2.05, 4.69) is 0 Å². The molecule has 2 aromatic heterocycles. The SMILES string of the molecule is CC(Sc1cc2c(C(=O)O)c(C(=O)O)c(C(=O)O)cn2c1)S(=O)(=O)O. The maximum atomic E-state index is 11.5. The molecule has 12 heteroatoms. The third-order valence-electron chi connectivity index (χ3n) is 3.25. The minimum absolute atomic E-state index is 0.125. The van der Waals surface area contributed by atoms with E-state index in [0.29, 0.717) is 11.8 Å². The molecule has 4 N–H and O–H groups in total. The van der Waals surface area contributed by atoms with Gasteiger partial charge in [0.25, 0.3) is 10.1 Å². The average Bonchev–Trinajstić information content (AvgIpc) is 2.85. The number of carbonyl (C=O) groups is 3. The van der Waals surface area contributed by atoms with E-state index in [4.69, 9.17) is 9.66 Å². The van der Waals surface area contributed by atoms with Crippen molar-refractivity contribution in [3.8, 4) is 0 Å². The molecule has 1 atom stereocenters. The molecule has 0 aliphatic rings. The van der Waals surface area contributed by atoms with Crippen LogP contribution in [0.1, 0.15) is 38.0 Å². The van der Waals surface area contributed by atoms with Crippen molar-refractivity contribution in [2.75, 3.05) is 0 Å². The molecule has 1 unspecified atom stereocenters. The fraction of sp³-hybridized carbons (Fsp3) is 0.154. The summed E-state index contributed by atoms with van der Waals surface area (Å²) in [6.45, 7) is 1.20. The summed E-state index contributed by atoms with van der Waals surface area (Å²) in [5.74, 6) is -5.00. The first-order valence-electron chi connectivity index (χ1n) is 6.45. The molecule has 2 heterocycles. The molecule has 0 aliphatic carbocycles. The largest absolute Gasteiger partial charge is 0.478 e. The number of aromatic carboxylic acids is 3. The highest BCUT2D eigenvalue weighted by atomic mass is 32.3. The van der Waals surface area contributed by atoms with Gasteiger partial charge in [-0.25, -0.2) is 14.4 Å². The molecular formula is C13H11NO9S2. The number of pyridine rings is 1. The van der Waals surface area contributed by atoms with Crippen molar-refractivity contribution in [3.63, 3.8) is 0 Å². The number of aromatic nitrogens is 1. The average molecular weight is 389 g/mol. The van der Waals surface area contributed by atoms with Crippen LogP contribution in [0.4, 0.5) is 0 Å². The number of carboxylic acids is 3. The Morgan fingerprint density at radius 1 is 1.04 bits per heavy atom. The lowest BCUT2D eigenvalue weighted by molar-refractivity contribution is 0.0633. The lowest BCUT2D eigenvalue weighted by atomic mass is 10.0. The van der Waals surface area contributed by atoms with Gasteiger partial charge in [0.2, 0.25) is 0 Å². The lowest BCUT2D eigenvalue weighted by Gasteiger charge is -2.08. The number of hydrogen-bond acceptors (Lipinski definition) is 6. The van der Waals surface area contributed by atoms with Crippen molar-refractivity contribution in [2.45, 2.75) is 16.4 Å². The molecule has 0 saturated heterocycles. The minimum Gasteiger partial charge on any atom is -0.478 e. The Bertz CT molecular complexity index is 1010. The zero-order valence-corrected chi connectivity index (χ0v) is 14.0. The Morgan fingerprint density at radius 2 is 1.60 bits per heavy atom. The highest BCUT2D eigenvalue weighted by molar-refractivity contribution is 8.11. The van der Waals surface area contributed by atoms with Crippen molar-refractivity contribution < 1.29 is 42.7 Å². The fourth-order valence-corrected chi connectivity index (χ4v) is 3.70. The summed E-state index contributed by atoms with van der Waals surface area (Å²) >= 11 is 0.679. The van der Waals surface area contributed by atoms with Gasteiger partial charge in [0.15, 0.2) is 0 Å². The monoisotopic (exact) mass is 389 g/mol. The van der Waals surface area contributed by atoms with Crippen LogP contribution in [0, 0.1) is 0 Å². The zero-order valence-electron chi connectivity index (χ0n) is 12.4. The maximum absolute atomic E-state index is 11.5. The van der Waals surface area contributed by atoms with Gasteiger partial charge in [-0.15, -0.1) is 11.8 Å². The van der Waals surface area contributed by atoms with Crippen LogP contribution in [0.15, 0.2) is 23.4 Å². The van der Waals surface area contributed by atoms with Gasteiger partial charge in [0.1, 0.15) is 4.58 Å². The summed E-state index contributed by atoms with van der Waals surface area (Å²) in [5.41, 5.74) is -2.48. The number of nitrogens with zero attached hydrogens (tertiary/aromatic N) is 1. The summed E-state index contributed by atoms with van der Waals surface area (Å²) in [6.07, 6.45) is 2.17. The molecule has 0 radical (unpaired) electrons. The molecule has 0 aromatic carbocycles. The first-order valence-corrected chi connectivity index (χ1v) is 8.83. The van der Waals surface area contributed by atoms with Gasteiger partial charge < -0.3 is 19.7 Å². The molecule has 0 spiro atoms. The molecule has 10 nitrogen and oxygen atoms in total. The second-order valence-corrected chi connectivity index (χ2v) is 8.33. The molecule has 2 aromatic rings. The first kappa shape index (κ1) is 18.8. The summed E-state index contributed by atoms with van der Waals surface area (Å²) in [7, 11) is -4.36. The van der Waals surface area contributed by atoms with Gasteiger partial charge in [-0.3, -0.25) is 4.55 Å². The molecule has 2 rings (SSSR count). The van der Waals surface area contributed by atoms with E-state index in [1.54, 1.807) is 0 Å². The van der Waals surface area contributed by atoms with E-state index < -0.39 is 49.3 Å². The zero-order chi connectivity index (χ0) is 19.1. The predicted octanol–water partition coefficient (Wildman–Crippen LogP) is 1.36. The highest BCUT2D eigenvalue weighted by Gasteiger charge is 2.28. The quantitative estimate of drug-likeness (QED) is 0.417. The Morgan fingerprint density at radius 3 is 2.04 bits per heavy atom. The summed E-state index contributed by atoms with van der Waals surface area (Å²) in [6, 6.07) is 1.20. The van der Waals surface area contributed by atoms with Crippen LogP contribution in [0.5, 0.6) is 0 Å². The van der Waals surface area contributed by atoms with Crippen molar-refractivity contribution in [1.29, 1.82) is 0 Å². The Hall–Kier alpha value is -2.57.